The number of rotatable bonds is 20. The van der Waals surface area contributed by atoms with Crippen LogP contribution in [0.3, 0.4) is 0 Å². The fourth-order valence-electron chi connectivity index (χ4n) is 2.71. The van der Waals surface area contributed by atoms with Gasteiger partial charge in [-0.2, -0.15) is 0 Å². The highest BCUT2D eigenvalue weighted by Crippen LogP contribution is 2.11. The summed E-state index contributed by atoms with van der Waals surface area (Å²) in [5.41, 5.74) is 5.30. The Morgan fingerprint density at radius 1 is 0.760 bits per heavy atom. The Bertz CT molecular complexity index is 276. The molecule has 0 aliphatic heterocycles. The smallest absolute Gasteiger partial charge is 0.245 e. The van der Waals surface area contributed by atoms with Crippen molar-refractivity contribution in [3.05, 3.63) is 0 Å². The molecule has 0 rings (SSSR count). The van der Waals surface area contributed by atoms with Gasteiger partial charge in [0.1, 0.15) is 6.61 Å². The Morgan fingerprint density at radius 3 is 1.84 bits per heavy atom. The van der Waals surface area contributed by atoms with Crippen LogP contribution in [0.1, 0.15) is 84.0 Å². The van der Waals surface area contributed by atoms with Crippen LogP contribution in [-0.2, 0) is 14.3 Å². The highest BCUT2D eigenvalue weighted by Gasteiger charge is 2.00. The van der Waals surface area contributed by atoms with Gasteiger partial charge in [0.25, 0.3) is 0 Å². The summed E-state index contributed by atoms with van der Waals surface area (Å²) in [7, 11) is 0. The molecular weight excluding hydrogens is 316 g/mol. The molecule has 0 aromatic carbocycles. The average molecular weight is 359 g/mol. The summed E-state index contributed by atoms with van der Waals surface area (Å²) in [6, 6.07) is 0. The van der Waals surface area contributed by atoms with E-state index >= 15 is 0 Å². The van der Waals surface area contributed by atoms with Crippen molar-refractivity contribution in [2.75, 3.05) is 39.5 Å². The van der Waals surface area contributed by atoms with E-state index < -0.39 is 0 Å². The lowest BCUT2D eigenvalue weighted by Gasteiger charge is -2.07. The van der Waals surface area contributed by atoms with Crippen LogP contribution in [0.25, 0.3) is 0 Å². The molecule has 0 atom stereocenters. The summed E-state index contributed by atoms with van der Waals surface area (Å²) in [5, 5.41) is 2.90. The quantitative estimate of drug-likeness (QED) is 0.325. The number of unbranched alkanes of at least 4 members (excludes halogenated alkanes) is 11. The minimum Gasteiger partial charge on any atom is -0.378 e. The zero-order valence-corrected chi connectivity index (χ0v) is 16.5. The lowest BCUT2D eigenvalue weighted by molar-refractivity contribution is -0.126. The number of hydrogen-bond donors (Lipinski definition) is 2. The monoisotopic (exact) mass is 358 g/mol. The molecule has 0 aromatic heterocycles. The first-order valence-electron chi connectivity index (χ1n) is 10.4. The Morgan fingerprint density at radius 2 is 1.28 bits per heavy atom. The van der Waals surface area contributed by atoms with Crippen molar-refractivity contribution in [1.82, 2.24) is 5.32 Å². The van der Waals surface area contributed by atoms with E-state index in [0.29, 0.717) is 26.4 Å². The molecule has 5 heteroatoms. The van der Waals surface area contributed by atoms with Gasteiger partial charge in [-0.3, -0.25) is 4.79 Å². The lowest BCUT2D eigenvalue weighted by Crippen LogP contribution is -2.29. The second-order valence-corrected chi connectivity index (χ2v) is 6.69. The third kappa shape index (κ3) is 21.3. The molecule has 0 aliphatic carbocycles. The van der Waals surface area contributed by atoms with Crippen molar-refractivity contribution >= 4 is 5.91 Å². The van der Waals surface area contributed by atoms with Crippen molar-refractivity contribution in [3.8, 4) is 0 Å². The van der Waals surface area contributed by atoms with E-state index in [9.17, 15) is 4.79 Å². The minimum absolute atomic E-state index is 0.0399. The van der Waals surface area contributed by atoms with E-state index in [1.54, 1.807) is 0 Å². The van der Waals surface area contributed by atoms with E-state index in [1.165, 1.54) is 70.6 Å². The van der Waals surface area contributed by atoms with Crippen LogP contribution >= 0.6 is 0 Å². The standard InChI is InChI=1S/C20H42N2O3/c1-2-3-4-5-6-7-8-9-10-11-12-13-15-22-20(23)19-25-18-17-24-16-14-21/h2-19,21H2,1H3,(H,22,23). The summed E-state index contributed by atoms with van der Waals surface area (Å²) in [6.07, 6.45) is 16.0. The number of carbonyl (C=O) groups is 1. The summed E-state index contributed by atoms with van der Waals surface area (Å²) in [6.45, 7) is 5.11. The number of hydrogen-bond acceptors (Lipinski definition) is 4. The molecule has 0 unspecified atom stereocenters. The fourth-order valence-corrected chi connectivity index (χ4v) is 2.71. The summed E-state index contributed by atoms with van der Waals surface area (Å²) in [5.74, 6) is -0.0399. The van der Waals surface area contributed by atoms with E-state index in [2.05, 4.69) is 12.2 Å². The molecule has 150 valence electrons. The summed E-state index contributed by atoms with van der Waals surface area (Å²) < 4.78 is 10.4. The van der Waals surface area contributed by atoms with Crippen molar-refractivity contribution in [2.24, 2.45) is 5.73 Å². The number of nitrogens with two attached hydrogens (primary N) is 1. The van der Waals surface area contributed by atoms with E-state index in [1.807, 2.05) is 0 Å². The highest BCUT2D eigenvalue weighted by molar-refractivity contribution is 5.77. The van der Waals surface area contributed by atoms with Crippen LogP contribution in [-0.4, -0.2) is 45.4 Å². The topological polar surface area (TPSA) is 73.6 Å². The molecule has 0 bridgehead atoms. The highest BCUT2D eigenvalue weighted by atomic mass is 16.5. The van der Waals surface area contributed by atoms with Gasteiger partial charge in [-0.05, 0) is 6.42 Å². The van der Waals surface area contributed by atoms with Crippen LogP contribution in [0.5, 0.6) is 0 Å². The van der Waals surface area contributed by atoms with Crippen LogP contribution in [0, 0.1) is 0 Å². The van der Waals surface area contributed by atoms with E-state index in [4.69, 9.17) is 15.2 Å². The molecule has 0 aromatic rings. The van der Waals surface area contributed by atoms with Gasteiger partial charge in [-0.1, -0.05) is 77.6 Å². The molecule has 0 fully saturated rings. The molecule has 5 nitrogen and oxygen atoms in total. The molecule has 0 aliphatic rings. The van der Waals surface area contributed by atoms with Gasteiger partial charge in [0.05, 0.1) is 19.8 Å². The van der Waals surface area contributed by atoms with Crippen molar-refractivity contribution in [3.63, 3.8) is 0 Å². The van der Waals surface area contributed by atoms with Crippen molar-refractivity contribution < 1.29 is 14.3 Å². The number of nitrogens with one attached hydrogen (secondary N) is 1. The molecule has 1 amide bonds. The van der Waals surface area contributed by atoms with Crippen LogP contribution < -0.4 is 11.1 Å². The SMILES string of the molecule is CCCCCCCCCCCCCCNC(=O)COCCOCCN. The number of ether oxygens (including phenoxy) is 2. The predicted molar refractivity (Wildman–Crippen MR) is 105 cm³/mol. The molecule has 0 heterocycles. The Kier molecular flexibility index (Phi) is 20.8. The van der Waals surface area contributed by atoms with Gasteiger partial charge in [-0.25, -0.2) is 0 Å². The second-order valence-electron chi connectivity index (χ2n) is 6.69. The average Bonchev–Trinajstić information content (AvgIpc) is 2.62. The van der Waals surface area contributed by atoms with Gasteiger partial charge in [0.15, 0.2) is 0 Å². The normalized spacial score (nSPS) is 11.0. The second kappa shape index (κ2) is 21.4. The number of carbonyl (C=O) groups excluding carboxylic acids is 1. The first kappa shape index (κ1) is 24.4. The molecule has 3 N–H and O–H groups in total. The first-order chi connectivity index (χ1) is 12.3. The Labute approximate surface area is 155 Å². The Balaban J connectivity index is 3.11. The minimum atomic E-state index is -0.0399. The van der Waals surface area contributed by atoms with Crippen LogP contribution in [0.15, 0.2) is 0 Å². The van der Waals surface area contributed by atoms with Gasteiger partial charge in [0, 0.05) is 13.1 Å². The van der Waals surface area contributed by atoms with Crippen LogP contribution in [0.4, 0.5) is 0 Å². The summed E-state index contributed by atoms with van der Waals surface area (Å²) >= 11 is 0. The molecule has 0 radical (unpaired) electrons. The number of amides is 1. The van der Waals surface area contributed by atoms with E-state index in [0.717, 1.165) is 13.0 Å². The maximum atomic E-state index is 11.5. The van der Waals surface area contributed by atoms with E-state index in [-0.39, 0.29) is 12.5 Å². The lowest BCUT2D eigenvalue weighted by atomic mass is 10.1. The molecule has 0 saturated carbocycles. The zero-order chi connectivity index (χ0) is 18.4. The van der Waals surface area contributed by atoms with Gasteiger partial charge >= 0.3 is 0 Å². The largest absolute Gasteiger partial charge is 0.378 e. The molecular formula is C20H42N2O3. The maximum absolute atomic E-state index is 11.5. The maximum Gasteiger partial charge on any atom is 0.245 e. The third-order valence-electron chi connectivity index (χ3n) is 4.22. The fraction of sp³-hybridized carbons (Fsp3) is 0.950. The van der Waals surface area contributed by atoms with Gasteiger partial charge < -0.3 is 20.5 Å². The Hall–Kier alpha value is -0.650. The predicted octanol–water partition coefficient (Wildman–Crippen LogP) is 3.80. The molecule has 0 saturated heterocycles. The summed E-state index contributed by atoms with van der Waals surface area (Å²) in [4.78, 5) is 11.5. The van der Waals surface area contributed by atoms with Crippen LogP contribution in [0.2, 0.25) is 0 Å². The van der Waals surface area contributed by atoms with Crippen molar-refractivity contribution in [1.29, 1.82) is 0 Å². The third-order valence-corrected chi connectivity index (χ3v) is 4.22. The van der Waals surface area contributed by atoms with Gasteiger partial charge in [0.2, 0.25) is 5.91 Å². The first-order valence-corrected chi connectivity index (χ1v) is 10.4. The zero-order valence-electron chi connectivity index (χ0n) is 16.5. The molecule has 0 spiro atoms. The van der Waals surface area contributed by atoms with Crippen molar-refractivity contribution in [2.45, 2.75) is 84.0 Å². The molecule has 25 heavy (non-hydrogen) atoms. The van der Waals surface area contributed by atoms with Gasteiger partial charge in [-0.15, -0.1) is 0 Å².